The third-order valence-electron chi connectivity index (χ3n) is 5.32. The van der Waals surface area contributed by atoms with E-state index in [2.05, 4.69) is 15.5 Å². The van der Waals surface area contributed by atoms with Crippen molar-refractivity contribution in [2.45, 2.75) is 52.1 Å². The molecule has 1 aromatic carbocycles. The minimum absolute atomic E-state index is 0.160. The number of anilines is 1. The molecule has 3 aromatic rings. The summed E-state index contributed by atoms with van der Waals surface area (Å²) in [7, 11) is 0. The van der Waals surface area contributed by atoms with Crippen molar-refractivity contribution in [1.82, 2.24) is 19.6 Å². The van der Waals surface area contributed by atoms with Crippen LogP contribution >= 0.6 is 11.6 Å². The largest absolute Gasteiger partial charge is 0.321 e. The fraction of sp³-hybridized carbons (Fsp3) is 0.381. The molecule has 2 aromatic heterocycles. The van der Waals surface area contributed by atoms with E-state index in [0.717, 1.165) is 12.8 Å². The summed E-state index contributed by atoms with van der Waals surface area (Å²) in [5.74, 6) is -0.620. The van der Waals surface area contributed by atoms with Crippen LogP contribution in [0.25, 0.3) is 0 Å². The lowest BCUT2D eigenvalue weighted by atomic mass is 10.2. The van der Waals surface area contributed by atoms with Crippen LogP contribution in [0.3, 0.4) is 0 Å². The molecule has 0 spiro atoms. The van der Waals surface area contributed by atoms with Crippen LogP contribution in [0.4, 0.5) is 18.9 Å². The maximum atomic E-state index is 13.3. The van der Waals surface area contributed by atoms with E-state index in [-0.39, 0.29) is 24.1 Å². The van der Waals surface area contributed by atoms with Crippen molar-refractivity contribution in [3.8, 4) is 0 Å². The molecule has 164 valence electrons. The summed E-state index contributed by atoms with van der Waals surface area (Å²) in [4.78, 5) is 12.7. The van der Waals surface area contributed by atoms with Gasteiger partial charge < -0.3 is 5.32 Å². The van der Waals surface area contributed by atoms with Gasteiger partial charge in [0.15, 0.2) is 0 Å². The topological polar surface area (TPSA) is 64.7 Å². The highest BCUT2D eigenvalue weighted by molar-refractivity contribution is 6.31. The van der Waals surface area contributed by atoms with Gasteiger partial charge in [0.25, 0.3) is 6.43 Å². The molecular formula is C21H21ClF3N5O. The number of nitrogens with one attached hydrogen (secondary N) is 1. The van der Waals surface area contributed by atoms with Gasteiger partial charge in [-0.1, -0.05) is 17.7 Å². The number of alkyl halides is 2. The number of aryl methyl sites for hydroxylation is 1. The van der Waals surface area contributed by atoms with E-state index in [0.29, 0.717) is 39.9 Å². The van der Waals surface area contributed by atoms with Crippen molar-refractivity contribution in [3.63, 3.8) is 0 Å². The molecular weight excluding hydrogens is 431 g/mol. The summed E-state index contributed by atoms with van der Waals surface area (Å²) in [5.41, 5.74) is 2.88. The number of carbonyl (C=O) groups excluding carboxylic acids is 1. The Morgan fingerprint density at radius 3 is 2.61 bits per heavy atom. The quantitative estimate of drug-likeness (QED) is 0.550. The monoisotopic (exact) mass is 451 g/mol. The number of aromatic nitrogens is 4. The SMILES string of the molecule is Cc1nn(Cc2ccc(F)cc2Cl)c(C)c1NC(=O)Cn1nc(C(F)F)cc1C1CC1. The second-order valence-electron chi connectivity index (χ2n) is 7.71. The molecule has 2 heterocycles. The number of halogens is 4. The van der Waals surface area contributed by atoms with Gasteiger partial charge in [0, 0.05) is 16.6 Å². The van der Waals surface area contributed by atoms with Crippen LogP contribution in [0.5, 0.6) is 0 Å². The number of amides is 1. The molecule has 0 bridgehead atoms. The first-order chi connectivity index (χ1) is 14.7. The minimum atomic E-state index is -2.68. The zero-order valence-corrected chi connectivity index (χ0v) is 17.8. The van der Waals surface area contributed by atoms with Crippen molar-refractivity contribution in [2.75, 3.05) is 5.32 Å². The Morgan fingerprint density at radius 2 is 1.97 bits per heavy atom. The molecule has 4 rings (SSSR count). The van der Waals surface area contributed by atoms with E-state index in [1.165, 1.54) is 22.9 Å². The molecule has 1 N–H and O–H groups in total. The summed E-state index contributed by atoms with van der Waals surface area (Å²) in [6, 6.07) is 5.53. The second kappa shape index (κ2) is 8.37. The molecule has 1 aliphatic carbocycles. The molecule has 1 saturated carbocycles. The predicted molar refractivity (Wildman–Crippen MR) is 110 cm³/mol. The summed E-state index contributed by atoms with van der Waals surface area (Å²) < 4.78 is 42.4. The highest BCUT2D eigenvalue weighted by atomic mass is 35.5. The molecule has 31 heavy (non-hydrogen) atoms. The molecule has 10 heteroatoms. The van der Waals surface area contributed by atoms with Crippen molar-refractivity contribution in [3.05, 3.63) is 63.4 Å². The number of hydrogen-bond donors (Lipinski definition) is 1. The zero-order valence-electron chi connectivity index (χ0n) is 17.0. The van der Waals surface area contributed by atoms with Gasteiger partial charge in [-0.05, 0) is 50.5 Å². The van der Waals surface area contributed by atoms with Crippen LogP contribution in [-0.2, 0) is 17.9 Å². The molecule has 6 nitrogen and oxygen atoms in total. The first-order valence-corrected chi connectivity index (χ1v) is 10.2. The van der Waals surface area contributed by atoms with Crippen LogP contribution in [0.15, 0.2) is 24.3 Å². The fourth-order valence-electron chi connectivity index (χ4n) is 3.55. The molecule has 1 amide bonds. The van der Waals surface area contributed by atoms with Gasteiger partial charge >= 0.3 is 0 Å². The average Bonchev–Trinajstić information content (AvgIpc) is 3.41. The van der Waals surface area contributed by atoms with Crippen molar-refractivity contribution in [2.24, 2.45) is 0 Å². The van der Waals surface area contributed by atoms with E-state index in [1.54, 1.807) is 24.6 Å². The molecule has 0 aliphatic heterocycles. The number of hydrogen-bond acceptors (Lipinski definition) is 3. The molecule has 1 aliphatic rings. The van der Waals surface area contributed by atoms with Gasteiger partial charge in [0.1, 0.15) is 18.1 Å². The van der Waals surface area contributed by atoms with Crippen LogP contribution in [0.1, 0.15) is 53.5 Å². The maximum absolute atomic E-state index is 13.3. The molecule has 0 radical (unpaired) electrons. The molecule has 1 fully saturated rings. The minimum Gasteiger partial charge on any atom is -0.321 e. The van der Waals surface area contributed by atoms with Crippen LogP contribution in [0, 0.1) is 19.7 Å². The predicted octanol–water partition coefficient (Wildman–Crippen LogP) is 4.99. The van der Waals surface area contributed by atoms with E-state index in [1.807, 2.05) is 0 Å². The van der Waals surface area contributed by atoms with Gasteiger partial charge in [-0.25, -0.2) is 13.2 Å². The molecule has 0 atom stereocenters. The Kier molecular flexibility index (Phi) is 5.79. The van der Waals surface area contributed by atoms with E-state index in [4.69, 9.17) is 11.6 Å². The molecule has 0 unspecified atom stereocenters. The summed E-state index contributed by atoms with van der Waals surface area (Å²) >= 11 is 6.11. The highest BCUT2D eigenvalue weighted by Crippen LogP contribution is 2.41. The number of benzene rings is 1. The van der Waals surface area contributed by atoms with Crippen molar-refractivity contribution >= 4 is 23.2 Å². The Balaban J connectivity index is 1.50. The highest BCUT2D eigenvalue weighted by Gasteiger charge is 2.30. The lowest BCUT2D eigenvalue weighted by Crippen LogP contribution is -2.21. The fourth-order valence-corrected chi connectivity index (χ4v) is 3.78. The van der Waals surface area contributed by atoms with E-state index in [9.17, 15) is 18.0 Å². The van der Waals surface area contributed by atoms with E-state index < -0.39 is 12.2 Å². The average molecular weight is 452 g/mol. The van der Waals surface area contributed by atoms with Crippen molar-refractivity contribution < 1.29 is 18.0 Å². The maximum Gasteiger partial charge on any atom is 0.282 e. The Hall–Kier alpha value is -2.81. The Bertz CT molecular complexity index is 1140. The smallest absolute Gasteiger partial charge is 0.282 e. The summed E-state index contributed by atoms with van der Waals surface area (Å²) in [6.07, 6.45) is -0.859. The summed E-state index contributed by atoms with van der Waals surface area (Å²) in [6.45, 7) is 3.70. The summed E-state index contributed by atoms with van der Waals surface area (Å²) in [5, 5.41) is 11.5. The molecule has 0 saturated heterocycles. The third kappa shape index (κ3) is 4.61. The van der Waals surface area contributed by atoms with Gasteiger partial charge in [0.2, 0.25) is 5.91 Å². The number of nitrogens with zero attached hydrogens (tertiary/aromatic N) is 4. The standard InChI is InChI=1S/C21H21ClF3N5O/c1-11-20(12(2)29(27-11)9-14-5-6-15(23)7-16(14)22)26-19(31)10-30-18(13-3-4-13)8-17(28-30)21(24)25/h5-8,13,21H,3-4,9-10H2,1-2H3,(H,26,31). The lowest BCUT2D eigenvalue weighted by molar-refractivity contribution is -0.117. The van der Waals surface area contributed by atoms with Crippen LogP contribution in [-0.4, -0.2) is 25.5 Å². The number of carbonyl (C=O) groups is 1. The first-order valence-electron chi connectivity index (χ1n) is 9.86. The zero-order chi connectivity index (χ0) is 22.3. The number of rotatable bonds is 7. The van der Waals surface area contributed by atoms with Crippen LogP contribution < -0.4 is 5.32 Å². The second-order valence-corrected chi connectivity index (χ2v) is 8.12. The third-order valence-corrected chi connectivity index (χ3v) is 5.68. The van der Waals surface area contributed by atoms with Gasteiger partial charge in [-0.2, -0.15) is 10.2 Å². The Morgan fingerprint density at radius 1 is 1.23 bits per heavy atom. The van der Waals surface area contributed by atoms with Gasteiger partial charge in [-0.3, -0.25) is 14.2 Å². The van der Waals surface area contributed by atoms with Crippen LogP contribution in [0.2, 0.25) is 5.02 Å². The van der Waals surface area contributed by atoms with E-state index >= 15 is 0 Å². The van der Waals surface area contributed by atoms with Gasteiger partial charge in [0.05, 0.1) is 23.6 Å². The van der Waals surface area contributed by atoms with Crippen molar-refractivity contribution in [1.29, 1.82) is 0 Å². The Labute approximate surface area is 182 Å². The van der Waals surface area contributed by atoms with Gasteiger partial charge in [-0.15, -0.1) is 0 Å². The lowest BCUT2D eigenvalue weighted by Gasteiger charge is -2.10. The normalized spacial score (nSPS) is 13.8. The first kappa shape index (κ1) is 21.4.